The topological polar surface area (TPSA) is 50.9 Å². The molecule has 2 aromatic rings. The van der Waals surface area contributed by atoms with Crippen LogP contribution < -0.4 is 11.3 Å². The number of hydrogen-bond acceptors (Lipinski definition) is 3. The number of halogens is 2. The number of aromatic nitrogens is 1. The molecule has 1 heterocycles. The van der Waals surface area contributed by atoms with Crippen LogP contribution in [0.4, 0.5) is 4.39 Å². The van der Waals surface area contributed by atoms with Crippen molar-refractivity contribution in [2.75, 3.05) is 0 Å². The van der Waals surface area contributed by atoms with E-state index in [1.165, 1.54) is 6.07 Å². The lowest BCUT2D eigenvalue weighted by atomic mass is 9.95. The lowest BCUT2D eigenvalue weighted by Gasteiger charge is -2.19. The number of nitrogens with one attached hydrogen (secondary N) is 1. The second-order valence-corrected chi connectivity index (χ2v) is 4.94. The first-order chi connectivity index (χ1) is 9.67. The molecule has 3 N–H and O–H groups in total. The molecule has 0 radical (unpaired) electrons. The maximum absolute atomic E-state index is 13.5. The molecule has 0 fully saturated rings. The second-order valence-electron chi connectivity index (χ2n) is 4.56. The highest BCUT2D eigenvalue weighted by Crippen LogP contribution is 2.26. The van der Waals surface area contributed by atoms with Crippen LogP contribution in [0.3, 0.4) is 0 Å². The zero-order valence-corrected chi connectivity index (χ0v) is 12.0. The number of rotatable bonds is 5. The van der Waals surface area contributed by atoms with E-state index in [2.05, 4.69) is 17.3 Å². The number of hydrazine groups is 1. The standard InChI is InChI=1S/C15H17ClFN3/c1-2-10-9-19-7-6-12(10)14(20-18)8-11-4-3-5-13(17)15(11)16/h3-7,9,14,20H,2,8,18H2,1H3. The van der Waals surface area contributed by atoms with Crippen LogP contribution in [0.2, 0.25) is 5.02 Å². The van der Waals surface area contributed by atoms with Crippen LogP contribution in [-0.2, 0) is 12.8 Å². The molecule has 1 aromatic heterocycles. The Morgan fingerprint density at radius 1 is 1.35 bits per heavy atom. The van der Waals surface area contributed by atoms with Gasteiger partial charge in [-0.25, -0.2) is 4.39 Å². The van der Waals surface area contributed by atoms with Crippen LogP contribution in [-0.4, -0.2) is 4.98 Å². The molecule has 106 valence electrons. The predicted molar refractivity (Wildman–Crippen MR) is 78.8 cm³/mol. The van der Waals surface area contributed by atoms with Crippen LogP contribution in [0.25, 0.3) is 0 Å². The van der Waals surface area contributed by atoms with E-state index in [1.807, 2.05) is 18.3 Å². The fraction of sp³-hybridized carbons (Fsp3) is 0.267. The molecule has 5 heteroatoms. The van der Waals surface area contributed by atoms with E-state index in [-0.39, 0.29) is 11.1 Å². The number of hydrogen-bond donors (Lipinski definition) is 2. The molecule has 0 saturated carbocycles. The molecule has 0 aliphatic carbocycles. The van der Waals surface area contributed by atoms with E-state index in [1.54, 1.807) is 12.3 Å². The van der Waals surface area contributed by atoms with Crippen LogP contribution >= 0.6 is 11.6 Å². The molecule has 3 nitrogen and oxygen atoms in total. The lowest BCUT2D eigenvalue weighted by Crippen LogP contribution is -2.30. The average molecular weight is 294 g/mol. The van der Waals surface area contributed by atoms with Crippen LogP contribution in [0.1, 0.15) is 29.7 Å². The van der Waals surface area contributed by atoms with Crippen molar-refractivity contribution < 1.29 is 4.39 Å². The van der Waals surface area contributed by atoms with Gasteiger partial charge < -0.3 is 0 Å². The molecular weight excluding hydrogens is 277 g/mol. The predicted octanol–water partition coefficient (Wildman–Crippen LogP) is 3.18. The van der Waals surface area contributed by atoms with Gasteiger partial charge in [0.05, 0.1) is 11.1 Å². The van der Waals surface area contributed by atoms with Gasteiger partial charge in [0.15, 0.2) is 0 Å². The zero-order chi connectivity index (χ0) is 14.5. The minimum absolute atomic E-state index is 0.132. The summed E-state index contributed by atoms with van der Waals surface area (Å²) in [6, 6.07) is 6.60. The highest BCUT2D eigenvalue weighted by Gasteiger charge is 2.16. The number of pyridine rings is 1. The van der Waals surface area contributed by atoms with Crippen molar-refractivity contribution in [1.29, 1.82) is 0 Å². The van der Waals surface area contributed by atoms with Crippen LogP contribution in [0.15, 0.2) is 36.7 Å². The summed E-state index contributed by atoms with van der Waals surface area (Å²) < 4.78 is 13.5. The molecule has 1 aromatic carbocycles. The molecule has 1 unspecified atom stereocenters. The van der Waals surface area contributed by atoms with E-state index < -0.39 is 5.82 Å². The summed E-state index contributed by atoms with van der Waals surface area (Å²) in [6.45, 7) is 2.06. The fourth-order valence-corrected chi connectivity index (χ4v) is 2.46. The third kappa shape index (κ3) is 3.15. The number of nitrogens with two attached hydrogens (primary N) is 1. The van der Waals surface area contributed by atoms with Crippen molar-refractivity contribution in [3.8, 4) is 0 Å². The van der Waals surface area contributed by atoms with Crippen molar-refractivity contribution in [2.24, 2.45) is 5.84 Å². The molecule has 0 amide bonds. The van der Waals surface area contributed by atoms with Gasteiger partial charge in [-0.2, -0.15) is 0 Å². The van der Waals surface area contributed by atoms with Gasteiger partial charge >= 0.3 is 0 Å². The SMILES string of the molecule is CCc1cnccc1C(Cc1cccc(F)c1Cl)NN. The van der Waals surface area contributed by atoms with Gasteiger partial charge in [0.25, 0.3) is 0 Å². The normalized spacial score (nSPS) is 12.4. The Hall–Kier alpha value is -1.49. The van der Waals surface area contributed by atoms with Crippen molar-refractivity contribution in [2.45, 2.75) is 25.8 Å². The molecule has 2 rings (SSSR count). The summed E-state index contributed by atoms with van der Waals surface area (Å²) in [5, 5.41) is 0.153. The first-order valence-electron chi connectivity index (χ1n) is 6.49. The first kappa shape index (κ1) is 14.9. The Morgan fingerprint density at radius 3 is 2.85 bits per heavy atom. The quantitative estimate of drug-likeness (QED) is 0.657. The third-order valence-corrected chi connectivity index (χ3v) is 3.78. The third-order valence-electron chi connectivity index (χ3n) is 3.35. The Kier molecular flexibility index (Phi) is 5.06. The number of benzene rings is 1. The Balaban J connectivity index is 2.31. The van der Waals surface area contributed by atoms with Gasteiger partial charge in [0, 0.05) is 12.4 Å². The van der Waals surface area contributed by atoms with Crippen molar-refractivity contribution in [3.63, 3.8) is 0 Å². The summed E-state index contributed by atoms with van der Waals surface area (Å²) in [5.41, 5.74) is 5.68. The van der Waals surface area contributed by atoms with E-state index in [4.69, 9.17) is 17.4 Å². The van der Waals surface area contributed by atoms with Gasteiger partial charge in [-0.15, -0.1) is 0 Å². The van der Waals surface area contributed by atoms with Gasteiger partial charge in [-0.05, 0) is 41.7 Å². The zero-order valence-electron chi connectivity index (χ0n) is 11.2. The minimum Gasteiger partial charge on any atom is -0.271 e. The van der Waals surface area contributed by atoms with Crippen LogP contribution in [0.5, 0.6) is 0 Å². The maximum atomic E-state index is 13.5. The van der Waals surface area contributed by atoms with E-state index in [0.717, 1.165) is 23.1 Å². The Bertz CT molecular complexity index is 589. The minimum atomic E-state index is -0.412. The first-order valence-corrected chi connectivity index (χ1v) is 6.87. The van der Waals surface area contributed by atoms with Crippen molar-refractivity contribution in [3.05, 3.63) is 64.2 Å². The highest BCUT2D eigenvalue weighted by atomic mass is 35.5. The number of aryl methyl sites for hydroxylation is 1. The Morgan fingerprint density at radius 2 is 2.15 bits per heavy atom. The summed E-state index contributed by atoms with van der Waals surface area (Å²) >= 11 is 6.00. The molecular formula is C15H17ClFN3. The van der Waals surface area contributed by atoms with Gasteiger partial charge in [-0.3, -0.25) is 16.3 Å². The van der Waals surface area contributed by atoms with Crippen molar-refractivity contribution >= 4 is 11.6 Å². The molecule has 0 aliphatic rings. The summed E-state index contributed by atoms with van der Waals surface area (Å²) in [5.74, 6) is 5.25. The second kappa shape index (κ2) is 6.79. The summed E-state index contributed by atoms with van der Waals surface area (Å²) in [6.07, 6.45) is 4.93. The van der Waals surface area contributed by atoms with Crippen LogP contribution in [0, 0.1) is 5.82 Å². The monoisotopic (exact) mass is 293 g/mol. The van der Waals surface area contributed by atoms with E-state index in [9.17, 15) is 4.39 Å². The molecule has 0 aliphatic heterocycles. The maximum Gasteiger partial charge on any atom is 0.142 e. The smallest absolute Gasteiger partial charge is 0.142 e. The Labute approximate surface area is 122 Å². The fourth-order valence-electron chi connectivity index (χ4n) is 2.26. The molecule has 0 bridgehead atoms. The van der Waals surface area contributed by atoms with Gasteiger partial charge in [0.2, 0.25) is 0 Å². The largest absolute Gasteiger partial charge is 0.271 e. The highest BCUT2D eigenvalue weighted by molar-refractivity contribution is 6.31. The van der Waals surface area contributed by atoms with Crippen molar-refractivity contribution in [1.82, 2.24) is 10.4 Å². The van der Waals surface area contributed by atoms with E-state index >= 15 is 0 Å². The summed E-state index contributed by atoms with van der Waals surface area (Å²) in [4.78, 5) is 4.12. The summed E-state index contributed by atoms with van der Waals surface area (Å²) in [7, 11) is 0. The average Bonchev–Trinajstić information content (AvgIpc) is 2.49. The van der Waals surface area contributed by atoms with Gasteiger partial charge in [0.1, 0.15) is 5.82 Å². The van der Waals surface area contributed by atoms with Gasteiger partial charge in [-0.1, -0.05) is 30.7 Å². The lowest BCUT2D eigenvalue weighted by molar-refractivity contribution is 0.544. The molecule has 0 spiro atoms. The molecule has 1 atom stereocenters. The number of nitrogens with zero attached hydrogens (tertiary/aromatic N) is 1. The molecule has 0 saturated heterocycles. The van der Waals surface area contributed by atoms with E-state index in [0.29, 0.717) is 6.42 Å². The molecule has 20 heavy (non-hydrogen) atoms.